The molecule has 0 atom stereocenters. The molecule has 20 heavy (non-hydrogen) atoms. The molecule has 5 nitrogen and oxygen atoms in total. The van der Waals surface area contributed by atoms with Crippen molar-refractivity contribution in [3.8, 4) is 0 Å². The van der Waals surface area contributed by atoms with E-state index in [2.05, 4.69) is 10.1 Å². The smallest absolute Gasteiger partial charge is 0.306 e. The molecule has 1 aromatic carbocycles. The number of hydrogen-bond donors (Lipinski definition) is 1. The molecule has 0 saturated carbocycles. The number of hydrogen-bond acceptors (Lipinski definition) is 4. The van der Waals surface area contributed by atoms with E-state index in [4.69, 9.17) is 0 Å². The molecular weight excluding hydrogens is 258 g/mol. The summed E-state index contributed by atoms with van der Waals surface area (Å²) in [5.74, 6) is -1.46. The number of carbonyl (C=O) groups is 3. The van der Waals surface area contributed by atoms with Gasteiger partial charge in [0, 0.05) is 12.5 Å². The number of carbonyl (C=O) groups excluding carboxylic acids is 3. The molecule has 0 bridgehead atoms. The highest BCUT2D eigenvalue weighted by Crippen LogP contribution is 2.00. The van der Waals surface area contributed by atoms with E-state index < -0.39 is 17.8 Å². The molecule has 0 radical (unpaired) electrons. The lowest BCUT2D eigenvalue weighted by atomic mass is 10.2. The Morgan fingerprint density at radius 3 is 2.50 bits per heavy atom. The molecule has 5 heteroatoms. The van der Waals surface area contributed by atoms with Crippen LogP contribution >= 0.6 is 0 Å². The van der Waals surface area contributed by atoms with Crippen LogP contribution in [0.15, 0.2) is 36.4 Å². The third-order valence-electron chi connectivity index (χ3n) is 2.35. The Hall–Kier alpha value is -2.43. The Bertz CT molecular complexity index is 494. The topological polar surface area (TPSA) is 72.5 Å². The van der Waals surface area contributed by atoms with Crippen molar-refractivity contribution in [1.82, 2.24) is 5.32 Å². The van der Waals surface area contributed by atoms with E-state index in [0.717, 1.165) is 5.56 Å². The van der Waals surface area contributed by atoms with Crippen LogP contribution in [-0.4, -0.2) is 24.4 Å². The van der Waals surface area contributed by atoms with Crippen molar-refractivity contribution in [3.63, 3.8) is 0 Å². The Balaban J connectivity index is 2.33. The predicted octanol–water partition coefficient (Wildman–Crippen LogP) is 1.69. The van der Waals surface area contributed by atoms with E-state index in [0.29, 0.717) is 0 Å². The van der Waals surface area contributed by atoms with Gasteiger partial charge >= 0.3 is 5.97 Å². The number of esters is 1. The lowest BCUT2D eigenvalue weighted by Crippen LogP contribution is -2.29. The Morgan fingerprint density at radius 2 is 1.85 bits per heavy atom. The highest BCUT2D eigenvalue weighted by atomic mass is 16.5. The number of nitrogens with one attached hydrogen (secondary N) is 1. The summed E-state index contributed by atoms with van der Waals surface area (Å²) in [5.41, 5.74) is 0.863. The van der Waals surface area contributed by atoms with Crippen molar-refractivity contribution in [2.75, 3.05) is 6.61 Å². The minimum atomic E-state index is -0.511. The van der Waals surface area contributed by atoms with Crippen LogP contribution in [-0.2, 0) is 19.1 Å². The van der Waals surface area contributed by atoms with E-state index in [1.807, 2.05) is 30.3 Å². The van der Waals surface area contributed by atoms with Crippen molar-refractivity contribution in [3.05, 3.63) is 42.0 Å². The quantitative estimate of drug-likeness (QED) is 0.633. The standard InChI is InChI=1S/C15H17NO4/c1-2-20-15(19)11-10-14(18)16-13(17)9-8-12-6-4-3-5-7-12/h3-9H,2,10-11H2,1H3,(H,16,17,18). The second-order valence-electron chi connectivity index (χ2n) is 3.96. The normalized spacial score (nSPS) is 10.2. The fourth-order valence-electron chi connectivity index (χ4n) is 1.43. The first-order chi connectivity index (χ1) is 9.61. The molecule has 0 heterocycles. The van der Waals surface area contributed by atoms with Crippen LogP contribution in [0, 0.1) is 0 Å². The summed E-state index contributed by atoms with van der Waals surface area (Å²) < 4.78 is 4.68. The van der Waals surface area contributed by atoms with E-state index in [1.54, 1.807) is 13.0 Å². The Labute approximate surface area is 117 Å². The van der Waals surface area contributed by atoms with Gasteiger partial charge in [0.05, 0.1) is 13.0 Å². The van der Waals surface area contributed by atoms with Gasteiger partial charge in [0.1, 0.15) is 0 Å². The van der Waals surface area contributed by atoms with Crippen molar-refractivity contribution in [1.29, 1.82) is 0 Å². The van der Waals surface area contributed by atoms with Crippen molar-refractivity contribution >= 4 is 23.9 Å². The molecule has 0 fully saturated rings. The minimum absolute atomic E-state index is 0.0324. The van der Waals surface area contributed by atoms with Gasteiger partial charge in [0.25, 0.3) is 5.91 Å². The number of amides is 2. The number of imide groups is 1. The molecule has 0 aliphatic heterocycles. The van der Waals surface area contributed by atoms with Gasteiger partial charge in [0.15, 0.2) is 0 Å². The van der Waals surface area contributed by atoms with Crippen LogP contribution < -0.4 is 5.32 Å². The number of ether oxygens (including phenoxy) is 1. The first-order valence-electron chi connectivity index (χ1n) is 6.34. The van der Waals surface area contributed by atoms with Crippen LogP contribution in [0.3, 0.4) is 0 Å². The molecule has 0 spiro atoms. The maximum absolute atomic E-state index is 11.5. The second-order valence-corrected chi connectivity index (χ2v) is 3.96. The van der Waals surface area contributed by atoms with Crippen LogP contribution in [0.5, 0.6) is 0 Å². The van der Waals surface area contributed by atoms with Gasteiger partial charge in [-0.2, -0.15) is 0 Å². The second kappa shape index (κ2) is 8.63. The van der Waals surface area contributed by atoms with E-state index >= 15 is 0 Å². The summed E-state index contributed by atoms with van der Waals surface area (Å²) >= 11 is 0. The molecule has 1 aromatic rings. The maximum atomic E-state index is 11.5. The predicted molar refractivity (Wildman–Crippen MR) is 74.5 cm³/mol. The molecule has 0 unspecified atom stereocenters. The van der Waals surface area contributed by atoms with Crippen LogP contribution in [0.2, 0.25) is 0 Å². The summed E-state index contributed by atoms with van der Waals surface area (Å²) in [7, 11) is 0. The lowest BCUT2D eigenvalue weighted by molar-refractivity contribution is -0.144. The molecular formula is C15H17NO4. The fraction of sp³-hybridized carbons (Fsp3) is 0.267. The van der Waals surface area contributed by atoms with Crippen molar-refractivity contribution in [2.24, 2.45) is 0 Å². The molecule has 1 rings (SSSR count). The summed E-state index contributed by atoms with van der Waals surface area (Å²) in [6.07, 6.45) is 2.78. The van der Waals surface area contributed by atoms with Gasteiger partial charge in [-0.3, -0.25) is 19.7 Å². The SMILES string of the molecule is CCOC(=O)CCC(=O)NC(=O)C=Cc1ccccc1. The summed E-state index contributed by atoms with van der Waals surface area (Å²) in [6, 6.07) is 9.25. The largest absolute Gasteiger partial charge is 0.466 e. The van der Waals surface area contributed by atoms with Gasteiger partial charge in [0.2, 0.25) is 5.91 Å². The maximum Gasteiger partial charge on any atom is 0.306 e. The first kappa shape index (κ1) is 15.6. The zero-order chi connectivity index (χ0) is 14.8. The summed E-state index contributed by atoms with van der Waals surface area (Å²) in [5, 5.41) is 2.18. The van der Waals surface area contributed by atoms with E-state index in [9.17, 15) is 14.4 Å². The van der Waals surface area contributed by atoms with Crippen LogP contribution in [0.25, 0.3) is 6.08 Å². The molecule has 106 valence electrons. The van der Waals surface area contributed by atoms with Crippen molar-refractivity contribution in [2.45, 2.75) is 19.8 Å². The highest BCUT2D eigenvalue weighted by molar-refractivity contribution is 6.03. The Morgan fingerprint density at radius 1 is 1.15 bits per heavy atom. The van der Waals surface area contributed by atoms with Gasteiger partial charge in [-0.1, -0.05) is 30.3 Å². The number of rotatable bonds is 6. The third kappa shape index (κ3) is 6.49. The average molecular weight is 275 g/mol. The van der Waals surface area contributed by atoms with Crippen LogP contribution in [0.4, 0.5) is 0 Å². The average Bonchev–Trinajstić information content (AvgIpc) is 2.44. The fourth-order valence-corrected chi connectivity index (χ4v) is 1.43. The monoisotopic (exact) mass is 275 g/mol. The zero-order valence-corrected chi connectivity index (χ0v) is 11.3. The van der Waals surface area contributed by atoms with Crippen LogP contribution in [0.1, 0.15) is 25.3 Å². The zero-order valence-electron chi connectivity index (χ0n) is 11.3. The molecule has 0 aromatic heterocycles. The van der Waals surface area contributed by atoms with E-state index in [1.165, 1.54) is 6.08 Å². The Kier molecular flexibility index (Phi) is 6.75. The van der Waals surface area contributed by atoms with E-state index in [-0.39, 0.29) is 19.4 Å². The third-order valence-corrected chi connectivity index (χ3v) is 2.35. The first-order valence-corrected chi connectivity index (χ1v) is 6.34. The lowest BCUT2D eigenvalue weighted by Gasteiger charge is -2.02. The highest BCUT2D eigenvalue weighted by Gasteiger charge is 2.09. The van der Waals surface area contributed by atoms with Gasteiger partial charge in [-0.05, 0) is 18.6 Å². The molecule has 0 saturated heterocycles. The summed E-state index contributed by atoms with van der Waals surface area (Å²) in [6.45, 7) is 1.97. The van der Waals surface area contributed by atoms with Crippen molar-refractivity contribution < 1.29 is 19.1 Å². The van der Waals surface area contributed by atoms with Gasteiger partial charge in [-0.15, -0.1) is 0 Å². The van der Waals surface area contributed by atoms with Gasteiger partial charge < -0.3 is 4.74 Å². The molecule has 2 amide bonds. The van der Waals surface area contributed by atoms with Gasteiger partial charge in [-0.25, -0.2) is 0 Å². The minimum Gasteiger partial charge on any atom is -0.466 e. The number of benzene rings is 1. The molecule has 0 aliphatic carbocycles. The molecule has 1 N–H and O–H groups in total. The molecule has 0 aliphatic rings. The summed E-state index contributed by atoms with van der Waals surface area (Å²) in [4.78, 5) is 33.9.